The Morgan fingerprint density at radius 3 is 2.61 bits per heavy atom. The van der Waals surface area contributed by atoms with Gasteiger partial charge in [0.15, 0.2) is 0 Å². The van der Waals surface area contributed by atoms with Crippen molar-refractivity contribution in [3.05, 3.63) is 102 Å². The molecule has 5 aromatic rings. The van der Waals surface area contributed by atoms with E-state index in [9.17, 15) is 4.79 Å². The number of benzene rings is 2. The minimum atomic E-state index is -0.199. The van der Waals surface area contributed by atoms with Crippen LogP contribution in [0.2, 0.25) is 0 Å². The number of pyridine rings is 1. The lowest BCUT2D eigenvalue weighted by atomic mass is 10.1. The molecule has 0 radical (unpaired) electrons. The smallest absolute Gasteiger partial charge is 0.272 e. The van der Waals surface area contributed by atoms with Crippen LogP contribution in [-0.4, -0.2) is 30.5 Å². The molecule has 0 aliphatic rings. The van der Waals surface area contributed by atoms with Crippen molar-refractivity contribution >= 4 is 22.6 Å². The van der Waals surface area contributed by atoms with Gasteiger partial charge in [0.05, 0.1) is 22.8 Å². The summed E-state index contributed by atoms with van der Waals surface area (Å²) in [6.45, 7) is 0.403. The van der Waals surface area contributed by atoms with E-state index < -0.39 is 0 Å². The minimum absolute atomic E-state index is 0.199. The van der Waals surface area contributed by atoms with E-state index in [1.807, 2.05) is 66.3 Å². The lowest BCUT2D eigenvalue weighted by Gasteiger charge is -2.07. The molecule has 33 heavy (non-hydrogen) atoms. The van der Waals surface area contributed by atoms with Crippen LogP contribution in [0.1, 0.15) is 27.3 Å². The molecule has 0 aliphatic heterocycles. The summed E-state index contributed by atoms with van der Waals surface area (Å²) < 4.78 is 3.57. The molecule has 2 aromatic carbocycles. The molecule has 0 fully saturated rings. The molecule has 3 aromatic heterocycles. The van der Waals surface area contributed by atoms with E-state index in [1.165, 1.54) is 5.56 Å². The molecule has 0 bridgehead atoms. The second-order valence-corrected chi connectivity index (χ2v) is 7.84. The van der Waals surface area contributed by atoms with Gasteiger partial charge in [-0.25, -0.2) is 9.67 Å². The zero-order chi connectivity index (χ0) is 22.8. The molecule has 164 valence electrons. The summed E-state index contributed by atoms with van der Waals surface area (Å²) in [4.78, 5) is 16.7. The highest BCUT2D eigenvalue weighted by molar-refractivity contribution is 5.92. The van der Waals surface area contributed by atoms with Crippen molar-refractivity contribution in [2.75, 3.05) is 5.73 Å². The fraction of sp³-hybridized carbons (Fsp3) is 0.120. The van der Waals surface area contributed by atoms with Crippen molar-refractivity contribution in [1.82, 2.24) is 29.9 Å². The summed E-state index contributed by atoms with van der Waals surface area (Å²) in [5.74, 6) is 0.259. The van der Waals surface area contributed by atoms with E-state index >= 15 is 0 Å². The van der Waals surface area contributed by atoms with Crippen LogP contribution in [0.5, 0.6) is 0 Å². The number of rotatable bonds is 6. The number of anilines is 1. The number of nitrogens with zero attached hydrogens (tertiary/aromatic N) is 5. The number of nitrogens with two attached hydrogens (primary N) is 1. The van der Waals surface area contributed by atoms with Gasteiger partial charge in [0.1, 0.15) is 11.5 Å². The highest BCUT2D eigenvalue weighted by atomic mass is 16.1. The first-order valence-corrected chi connectivity index (χ1v) is 10.6. The van der Waals surface area contributed by atoms with Gasteiger partial charge in [-0.3, -0.25) is 9.48 Å². The van der Waals surface area contributed by atoms with Crippen LogP contribution in [0.25, 0.3) is 16.6 Å². The van der Waals surface area contributed by atoms with Gasteiger partial charge in [-0.1, -0.05) is 42.5 Å². The van der Waals surface area contributed by atoms with Gasteiger partial charge < -0.3 is 11.1 Å². The van der Waals surface area contributed by atoms with Crippen LogP contribution < -0.4 is 11.1 Å². The zero-order valence-corrected chi connectivity index (χ0v) is 18.1. The Hall–Kier alpha value is -4.46. The number of aromatic nitrogens is 5. The van der Waals surface area contributed by atoms with Gasteiger partial charge >= 0.3 is 0 Å². The molecular weight excluding hydrogens is 414 g/mol. The van der Waals surface area contributed by atoms with Crippen molar-refractivity contribution in [3.8, 4) is 5.69 Å². The first-order chi connectivity index (χ1) is 16.1. The number of nitrogen functional groups attached to an aromatic ring is 1. The van der Waals surface area contributed by atoms with Gasteiger partial charge in [0, 0.05) is 31.9 Å². The van der Waals surface area contributed by atoms with E-state index in [4.69, 9.17) is 5.73 Å². The van der Waals surface area contributed by atoms with E-state index in [-0.39, 0.29) is 5.91 Å². The third kappa shape index (κ3) is 4.18. The van der Waals surface area contributed by atoms with Crippen molar-refractivity contribution in [3.63, 3.8) is 0 Å². The third-order valence-corrected chi connectivity index (χ3v) is 5.60. The van der Waals surface area contributed by atoms with E-state index in [0.29, 0.717) is 18.1 Å². The molecule has 0 atom stereocenters. The monoisotopic (exact) mass is 437 g/mol. The molecule has 0 spiro atoms. The van der Waals surface area contributed by atoms with E-state index in [2.05, 4.69) is 32.6 Å². The maximum atomic E-state index is 12.6. The maximum Gasteiger partial charge on any atom is 0.272 e. The van der Waals surface area contributed by atoms with Gasteiger partial charge in [-0.15, -0.1) is 0 Å². The Balaban J connectivity index is 1.25. The standard InChI is InChI=1S/C25H23N7O/c1-31-20(13-17-5-3-2-4-6-17)14-22(30-31)25(33)28-15-18-7-9-19(10-8-18)32-23-11-12-27-24(26)21(23)16-29-32/h2-12,14,16H,13,15H2,1H3,(H2,26,27)(H,28,33). The number of amides is 1. The molecule has 1 amide bonds. The SMILES string of the molecule is Cn1nc(C(=O)NCc2ccc(-n3ncc4c(N)nccc43)cc2)cc1Cc1ccccc1. The number of aryl methyl sites for hydroxylation is 1. The van der Waals surface area contributed by atoms with E-state index in [1.54, 1.807) is 17.1 Å². The lowest BCUT2D eigenvalue weighted by Crippen LogP contribution is -2.23. The molecular formula is C25H23N7O. The molecule has 0 unspecified atom stereocenters. The number of hydrogen-bond acceptors (Lipinski definition) is 5. The maximum absolute atomic E-state index is 12.6. The fourth-order valence-electron chi connectivity index (χ4n) is 3.79. The molecule has 0 aliphatic carbocycles. The quantitative estimate of drug-likeness (QED) is 0.424. The Morgan fingerprint density at radius 1 is 1.03 bits per heavy atom. The average molecular weight is 438 g/mol. The van der Waals surface area contributed by atoms with E-state index in [0.717, 1.165) is 34.3 Å². The highest BCUT2D eigenvalue weighted by Crippen LogP contribution is 2.21. The summed E-state index contributed by atoms with van der Waals surface area (Å²) >= 11 is 0. The lowest BCUT2D eigenvalue weighted by molar-refractivity contribution is 0.0945. The molecule has 5 rings (SSSR count). The third-order valence-electron chi connectivity index (χ3n) is 5.60. The Morgan fingerprint density at radius 2 is 1.82 bits per heavy atom. The van der Waals surface area contributed by atoms with Gasteiger partial charge in [-0.2, -0.15) is 10.2 Å². The van der Waals surface area contributed by atoms with Crippen molar-refractivity contribution < 1.29 is 4.79 Å². The summed E-state index contributed by atoms with van der Waals surface area (Å²) in [7, 11) is 1.86. The highest BCUT2D eigenvalue weighted by Gasteiger charge is 2.13. The number of hydrogen-bond donors (Lipinski definition) is 2. The summed E-state index contributed by atoms with van der Waals surface area (Å²) in [5.41, 5.74) is 11.3. The minimum Gasteiger partial charge on any atom is -0.383 e. The van der Waals surface area contributed by atoms with Gasteiger partial charge in [0.25, 0.3) is 5.91 Å². The van der Waals surface area contributed by atoms with Crippen LogP contribution >= 0.6 is 0 Å². The molecule has 8 nitrogen and oxygen atoms in total. The normalized spacial score (nSPS) is 11.1. The predicted molar refractivity (Wildman–Crippen MR) is 127 cm³/mol. The van der Waals surface area contributed by atoms with Crippen LogP contribution in [-0.2, 0) is 20.0 Å². The first-order valence-electron chi connectivity index (χ1n) is 10.6. The Bertz CT molecular complexity index is 1420. The second kappa shape index (κ2) is 8.58. The molecule has 0 saturated carbocycles. The van der Waals surface area contributed by atoms with Crippen LogP contribution in [0.3, 0.4) is 0 Å². The summed E-state index contributed by atoms with van der Waals surface area (Å²) in [6.07, 6.45) is 4.11. The predicted octanol–water partition coefficient (Wildman–Crippen LogP) is 3.26. The molecule has 0 saturated heterocycles. The van der Waals surface area contributed by atoms with Crippen molar-refractivity contribution in [2.45, 2.75) is 13.0 Å². The summed E-state index contributed by atoms with van der Waals surface area (Å²) in [6, 6.07) is 21.7. The van der Waals surface area contributed by atoms with Gasteiger partial charge in [0.2, 0.25) is 0 Å². The number of carbonyl (C=O) groups excluding carboxylic acids is 1. The van der Waals surface area contributed by atoms with Crippen molar-refractivity contribution in [2.24, 2.45) is 7.05 Å². The van der Waals surface area contributed by atoms with Crippen LogP contribution in [0.15, 0.2) is 79.1 Å². The zero-order valence-electron chi connectivity index (χ0n) is 18.1. The second-order valence-electron chi connectivity index (χ2n) is 7.84. The Kier molecular flexibility index (Phi) is 5.32. The van der Waals surface area contributed by atoms with Crippen molar-refractivity contribution in [1.29, 1.82) is 0 Å². The Labute approximate surface area is 190 Å². The molecule has 3 N–H and O–H groups in total. The largest absolute Gasteiger partial charge is 0.383 e. The summed E-state index contributed by atoms with van der Waals surface area (Å²) in [5, 5.41) is 12.6. The number of nitrogens with one attached hydrogen (secondary N) is 1. The molecule has 8 heteroatoms. The van der Waals surface area contributed by atoms with Gasteiger partial charge in [-0.05, 0) is 35.4 Å². The number of fused-ring (bicyclic) bond motifs is 1. The van der Waals surface area contributed by atoms with Crippen LogP contribution in [0, 0.1) is 0 Å². The first kappa shape index (κ1) is 20.4. The number of carbonyl (C=O) groups is 1. The average Bonchev–Trinajstić information content (AvgIpc) is 3.43. The van der Waals surface area contributed by atoms with Crippen LogP contribution in [0.4, 0.5) is 5.82 Å². The molecule has 3 heterocycles. The topological polar surface area (TPSA) is 104 Å². The fourth-order valence-corrected chi connectivity index (χ4v) is 3.79.